The summed E-state index contributed by atoms with van der Waals surface area (Å²) in [4.78, 5) is 44.5. The number of ketones is 1. The molecular formula is C35H43N9O4. The van der Waals surface area contributed by atoms with Crippen molar-refractivity contribution in [1.29, 1.82) is 0 Å². The van der Waals surface area contributed by atoms with Gasteiger partial charge in [-0.3, -0.25) is 14.6 Å². The summed E-state index contributed by atoms with van der Waals surface area (Å²) in [6, 6.07) is 3.78. The smallest absolute Gasteiger partial charge is 0.328 e. The number of nitrogen functional groups attached to an aromatic ring is 1. The molecule has 13 heteroatoms. The number of esters is 1. The van der Waals surface area contributed by atoms with Crippen molar-refractivity contribution in [2.24, 2.45) is 34.0 Å². The molecule has 3 aliphatic carbocycles. The van der Waals surface area contributed by atoms with Crippen LogP contribution in [-0.2, 0) is 27.4 Å². The molecule has 3 saturated carbocycles. The summed E-state index contributed by atoms with van der Waals surface area (Å²) >= 11 is 0. The second kappa shape index (κ2) is 11.6. The van der Waals surface area contributed by atoms with E-state index in [4.69, 9.17) is 10.5 Å². The lowest BCUT2D eigenvalue weighted by atomic mass is 9.44. The number of hydrogen-bond acceptors (Lipinski definition) is 11. The van der Waals surface area contributed by atoms with E-state index in [0.717, 1.165) is 30.5 Å². The number of carbonyl (C=O) groups is 2. The fourth-order valence-electron chi connectivity index (χ4n) is 9.20. The minimum Gasteiger partial charge on any atom is -0.460 e. The number of fused-ring (bicyclic) bond motifs is 1. The Morgan fingerprint density at radius 3 is 2.75 bits per heavy atom. The molecule has 3 fully saturated rings. The zero-order valence-corrected chi connectivity index (χ0v) is 27.9. The molecule has 3 aliphatic rings. The van der Waals surface area contributed by atoms with Crippen molar-refractivity contribution in [2.45, 2.75) is 85.1 Å². The van der Waals surface area contributed by atoms with Gasteiger partial charge >= 0.3 is 5.97 Å². The molecule has 13 nitrogen and oxygen atoms in total. The van der Waals surface area contributed by atoms with Crippen LogP contribution in [0.25, 0.3) is 22.4 Å². The highest BCUT2D eigenvalue weighted by molar-refractivity contribution is 5.86. The van der Waals surface area contributed by atoms with Crippen LogP contribution in [0.4, 0.5) is 5.82 Å². The van der Waals surface area contributed by atoms with E-state index in [-0.39, 0.29) is 35.5 Å². The van der Waals surface area contributed by atoms with Gasteiger partial charge in [-0.2, -0.15) is 0 Å². The molecule has 4 aromatic rings. The number of nitrogens with zero attached hydrogens (tertiary/aromatic N) is 8. The summed E-state index contributed by atoms with van der Waals surface area (Å²) in [5, 5.41) is 20.2. The van der Waals surface area contributed by atoms with E-state index in [1.807, 2.05) is 23.6 Å². The molecule has 0 radical (unpaired) electrons. The quantitative estimate of drug-likeness (QED) is 0.218. The Morgan fingerprint density at radius 1 is 1.19 bits per heavy atom. The van der Waals surface area contributed by atoms with Gasteiger partial charge in [-0.15, -0.1) is 11.7 Å². The topological polar surface area (TPSA) is 177 Å². The highest BCUT2D eigenvalue weighted by Crippen LogP contribution is 2.68. The van der Waals surface area contributed by atoms with E-state index in [1.54, 1.807) is 24.8 Å². The molecule has 4 aromatic heterocycles. The Labute approximate surface area is 279 Å². The number of nitrogens with two attached hydrogens (primary N) is 1. The predicted molar refractivity (Wildman–Crippen MR) is 177 cm³/mol. The Morgan fingerprint density at radius 2 is 2.00 bits per heavy atom. The number of rotatable bonds is 7. The minimum atomic E-state index is -0.715. The third kappa shape index (κ3) is 4.92. The van der Waals surface area contributed by atoms with E-state index in [9.17, 15) is 14.7 Å². The maximum Gasteiger partial charge on any atom is 0.328 e. The molecule has 4 heterocycles. The van der Waals surface area contributed by atoms with Gasteiger partial charge in [0.15, 0.2) is 11.5 Å². The number of aliphatic hydroxyl groups excluding tert-OH is 1. The molecule has 48 heavy (non-hydrogen) atoms. The van der Waals surface area contributed by atoms with Crippen LogP contribution >= 0.6 is 0 Å². The number of carbonyl (C=O) groups excluding carboxylic acids is 2. The summed E-state index contributed by atoms with van der Waals surface area (Å²) in [6.45, 7) is 12.8. The van der Waals surface area contributed by atoms with Crippen molar-refractivity contribution in [1.82, 2.24) is 39.5 Å². The van der Waals surface area contributed by atoms with Crippen LogP contribution in [0.5, 0.6) is 0 Å². The first-order chi connectivity index (χ1) is 22.9. The number of ether oxygens (including phenoxy) is 1. The Balaban J connectivity index is 1.09. The summed E-state index contributed by atoms with van der Waals surface area (Å²) < 4.78 is 9.67. The molecule has 7 rings (SSSR count). The number of hydrogen-bond donors (Lipinski definition) is 2. The van der Waals surface area contributed by atoms with E-state index < -0.39 is 29.0 Å². The molecule has 0 saturated heterocycles. The molecule has 2 bridgehead atoms. The fraction of sp³-hybridized carbons (Fsp3) is 0.543. The molecular weight excluding hydrogens is 610 g/mol. The lowest BCUT2D eigenvalue weighted by Crippen LogP contribution is -2.63. The van der Waals surface area contributed by atoms with Gasteiger partial charge in [0.05, 0.1) is 30.9 Å². The Hall–Kier alpha value is -4.52. The highest BCUT2D eigenvalue weighted by Gasteiger charge is 2.68. The number of anilines is 1. The van der Waals surface area contributed by atoms with Crippen LogP contribution in [0.1, 0.15) is 65.5 Å². The summed E-state index contributed by atoms with van der Waals surface area (Å²) in [6.07, 6.45) is 10.4. The fourth-order valence-corrected chi connectivity index (χ4v) is 9.20. The van der Waals surface area contributed by atoms with Crippen LogP contribution in [0.15, 0.2) is 49.8 Å². The van der Waals surface area contributed by atoms with Crippen LogP contribution in [0.2, 0.25) is 0 Å². The van der Waals surface area contributed by atoms with Crippen molar-refractivity contribution in [3.8, 4) is 11.3 Å². The monoisotopic (exact) mass is 653 g/mol. The molecule has 3 N–H and O–H groups in total. The standard InChI is InChI=1S/C35H43N9O4/c1-6-33(4)13-26(34(5)20(2)9-11-35(21(3)30(33)47)12-10-25(45)29(34)35)48-27(46)17-44-16-24(41-42-44)22-7-8-23(37-14-22)15-43-19-40-28-31(36)38-18-39-32(28)43/h6-8,14,16,18-21,26,29-30,47H,1,9-13,15,17H2,2-5H3,(H2,36,38,39)/t20-,21+,26-,29+,30+,33-,34+,35+/m1/s1. The van der Waals surface area contributed by atoms with Gasteiger partial charge in [0.1, 0.15) is 36.0 Å². The van der Waals surface area contributed by atoms with Crippen LogP contribution in [0.3, 0.4) is 0 Å². The first-order valence-electron chi connectivity index (χ1n) is 16.7. The largest absolute Gasteiger partial charge is 0.460 e. The van der Waals surface area contributed by atoms with Crippen molar-refractivity contribution in [3.63, 3.8) is 0 Å². The van der Waals surface area contributed by atoms with Crippen molar-refractivity contribution in [3.05, 3.63) is 55.5 Å². The second-order valence-electron chi connectivity index (χ2n) is 14.7. The van der Waals surface area contributed by atoms with E-state index in [2.05, 4.69) is 57.6 Å². The van der Waals surface area contributed by atoms with Crippen molar-refractivity contribution >= 4 is 28.7 Å². The molecule has 0 aliphatic heterocycles. The number of pyridine rings is 1. The molecule has 0 spiro atoms. The summed E-state index contributed by atoms with van der Waals surface area (Å²) in [5.41, 5.74) is 7.56. The van der Waals surface area contributed by atoms with Gasteiger partial charge in [-0.25, -0.2) is 19.6 Å². The van der Waals surface area contributed by atoms with E-state index >= 15 is 0 Å². The van der Waals surface area contributed by atoms with E-state index in [0.29, 0.717) is 42.1 Å². The van der Waals surface area contributed by atoms with Gasteiger partial charge in [0.2, 0.25) is 0 Å². The van der Waals surface area contributed by atoms with Gasteiger partial charge in [-0.1, -0.05) is 39.0 Å². The number of aromatic nitrogens is 8. The highest BCUT2D eigenvalue weighted by atomic mass is 16.5. The summed E-state index contributed by atoms with van der Waals surface area (Å²) in [7, 11) is 0. The maximum atomic E-state index is 13.7. The first-order valence-corrected chi connectivity index (χ1v) is 16.7. The number of aliphatic hydroxyl groups is 1. The third-order valence-electron chi connectivity index (χ3n) is 12.3. The van der Waals surface area contributed by atoms with Gasteiger partial charge in [0.25, 0.3) is 0 Å². The first kappa shape index (κ1) is 32.0. The van der Waals surface area contributed by atoms with Gasteiger partial charge < -0.3 is 20.1 Å². The number of imidazole rings is 1. The van der Waals surface area contributed by atoms with Gasteiger partial charge in [0, 0.05) is 34.9 Å². The Bertz CT molecular complexity index is 1890. The minimum absolute atomic E-state index is 0.0859. The second-order valence-corrected chi connectivity index (χ2v) is 14.7. The molecule has 252 valence electrons. The van der Waals surface area contributed by atoms with Crippen molar-refractivity contribution in [2.75, 3.05) is 5.73 Å². The predicted octanol–water partition coefficient (Wildman–Crippen LogP) is 4.02. The zero-order chi connectivity index (χ0) is 34.0. The molecule has 0 amide bonds. The third-order valence-corrected chi connectivity index (χ3v) is 12.3. The summed E-state index contributed by atoms with van der Waals surface area (Å²) in [5.74, 6) is -0.129. The van der Waals surface area contributed by atoms with Crippen LogP contribution in [0, 0.1) is 34.0 Å². The zero-order valence-electron chi connectivity index (χ0n) is 27.9. The SMILES string of the molecule is C=C[C@]1(C)C[C@@H](OC(=O)Cn2cc(-c3ccc(Cn4cnc5c(N)ncnc54)nc3)nn2)[C@]2(C)[C@H](C)CC[C@]3(CCC(=O)[C@H]32)[C@@H](C)[C@@H]1O. The average molecular weight is 654 g/mol. The molecule has 8 atom stereocenters. The molecule has 0 unspecified atom stereocenters. The Kier molecular flexibility index (Phi) is 7.73. The average Bonchev–Trinajstić information content (AvgIpc) is 3.80. The normalized spacial score (nSPS) is 33.2. The number of Topliss-reactive ketones (excluding diaryl/α,β-unsaturated/α-hetero) is 1. The van der Waals surface area contributed by atoms with Crippen molar-refractivity contribution < 1.29 is 19.4 Å². The molecule has 0 aromatic carbocycles. The van der Waals surface area contributed by atoms with Crippen LogP contribution < -0.4 is 5.73 Å². The van der Waals surface area contributed by atoms with Gasteiger partial charge in [-0.05, 0) is 55.1 Å². The lowest BCUT2D eigenvalue weighted by Gasteiger charge is -2.61. The lowest BCUT2D eigenvalue weighted by molar-refractivity contribution is -0.207. The maximum absolute atomic E-state index is 13.7. The van der Waals surface area contributed by atoms with Crippen LogP contribution in [-0.4, -0.2) is 68.6 Å². The van der Waals surface area contributed by atoms with E-state index in [1.165, 1.54) is 11.0 Å².